The molecular weight excluding hydrogens is 477 g/mol. The van der Waals surface area contributed by atoms with Gasteiger partial charge in [0.2, 0.25) is 0 Å². The van der Waals surface area contributed by atoms with E-state index in [1.54, 1.807) is 45.3 Å². The molecule has 0 aliphatic rings. The maximum Gasteiger partial charge on any atom is 0.315 e. The minimum Gasteiger partial charge on any atom is -0.505 e. The third kappa shape index (κ3) is 5.75. The average Bonchev–Trinajstić information content (AvgIpc) is 3.44. The van der Waals surface area contributed by atoms with E-state index in [2.05, 4.69) is 36.8 Å². The Balaban J connectivity index is 2.19. The van der Waals surface area contributed by atoms with Gasteiger partial charge in [0.15, 0.2) is 11.5 Å². The molecule has 3 rings (SSSR count). The van der Waals surface area contributed by atoms with Crippen LogP contribution >= 0.6 is 45.3 Å². The zero-order valence-electron chi connectivity index (χ0n) is 19.9. The van der Waals surface area contributed by atoms with Gasteiger partial charge in [0.25, 0.3) is 0 Å². The smallest absolute Gasteiger partial charge is 0.315 e. The van der Waals surface area contributed by atoms with Crippen LogP contribution in [0.15, 0.2) is 0 Å². The fourth-order valence-electron chi connectivity index (χ4n) is 3.65. The first kappa shape index (κ1) is 25.7. The summed E-state index contributed by atoms with van der Waals surface area (Å²) in [4.78, 5) is 0. The zero-order valence-corrected chi connectivity index (χ0v) is 23.2. The summed E-state index contributed by atoms with van der Waals surface area (Å²) in [7, 11) is 0. The second-order valence-corrected chi connectivity index (χ2v) is 12.9. The van der Waals surface area contributed by atoms with Crippen molar-refractivity contribution in [2.75, 3.05) is 26.2 Å². The zero-order chi connectivity index (χ0) is 23.1. The highest BCUT2D eigenvalue weighted by Gasteiger charge is 2.23. The Hall–Kier alpha value is -0.960. The van der Waals surface area contributed by atoms with Crippen LogP contribution in [0.5, 0.6) is 11.5 Å². The molecule has 0 bridgehead atoms. The van der Waals surface area contributed by atoms with Crippen molar-refractivity contribution in [1.29, 1.82) is 0 Å². The Bertz CT molecular complexity index is 996. The molecule has 0 atom stereocenters. The van der Waals surface area contributed by atoms with Crippen LogP contribution in [0.4, 0.5) is 0 Å². The molecule has 0 saturated carbocycles. The van der Waals surface area contributed by atoms with Crippen LogP contribution in [0.1, 0.15) is 79.1 Å². The molecule has 0 fully saturated rings. The molecule has 2 aromatic heterocycles. The highest BCUT2D eigenvalue weighted by molar-refractivity contribution is 7.39. The Kier molecular flexibility index (Phi) is 10.0. The van der Waals surface area contributed by atoms with E-state index in [9.17, 15) is 10.2 Å². The van der Waals surface area contributed by atoms with Crippen molar-refractivity contribution in [2.45, 2.75) is 79.1 Å². The molecule has 3 aromatic rings. The van der Waals surface area contributed by atoms with Gasteiger partial charge < -0.3 is 10.2 Å². The van der Waals surface area contributed by atoms with Gasteiger partial charge in [-0.05, 0) is 0 Å². The number of fused-ring (bicyclic) bond motifs is 2. The maximum atomic E-state index is 11.2. The van der Waals surface area contributed by atoms with Gasteiger partial charge in [0, 0.05) is 25.7 Å². The van der Waals surface area contributed by atoms with Crippen molar-refractivity contribution in [3.8, 4) is 11.5 Å². The van der Waals surface area contributed by atoms with Gasteiger partial charge in [-0.15, -0.1) is 0 Å². The van der Waals surface area contributed by atoms with E-state index in [1.165, 1.54) is 33.7 Å². The molecule has 0 saturated heterocycles. The van der Waals surface area contributed by atoms with E-state index in [0.29, 0.717) is 11.5 Å². The lowest BCUT2D eigenvalue weighted by Gasteiger charge is -2.00. The summed E-state index contributed by atoms with van der Waals surface area (Å²) in [6.07, 6.45) is 9.32. The van der Waals surface area contributed by atoms with Crippen LogP contribution < -0.4 is 17.1 Å². The first-order valence-electron chi connectivity index (χ1n) is 12.1. The van der Waals surface area contributed by atoms with Crippen LogP contribution in [0.3, 0.4) is 0 Å². The number of aromatic hydroxyl groups is 2. The van der Waals surface area contributed by atoms with E-state index in [-0.39, 0.29) is 0 Å². The van der Waals surface area contributed by atoms with Gasteiger partial charge in [0.1, 0.15) is 26.2 Å². The van der Waals surface area contributed by atoms with Gasteiger partial charge in [0.05, 0.1) is 18.8 Å². The summed E-state index contributed by atoms with van der Waals surface area (Å²) in [5.74, 6) is 0.703. The van der Waals surface area contributed by atoms with E-state index in [0.717, 1.165) is 70.7 Å². The average molecular weight is 515 g/mol. The molecule has 2 heterocycles. The van der Waals surface area contributed by atoms with Crippen LogP contribution in [-0.4, -0.2) is 36.4 Å². The van der Waals surface area contributed by atoms with Crippen molar-refractivity contribution in [3.05, 3.63) is 7.97 Å². The maximum absolute atomic E-state index is 11.2. The lowest BCUT2D eigenvalue weighted by Crippen LogP contribution is -2.28. The minimum atomic E-state index is 0.352. The molecule has 8 heteroatoms. The van der Waals surface area contributed by atoms with E-state index < -0.39 is 0 Å². The number of hydrogen-bond donors (Lipinski definition) is 2. The van der Waals surface area contributed by atoms with Crippen LogP contribution in [0, 0.1) is 0 Å². The van der Waals surface area contributed by atoms with Crippen molar-refractivity contribution in [3.63, 3.8) is 0 Å². The number of rotatable bonds is 12. The minimum absolute atomic E-state index is 0.352. The molecule has 0 unspecified atom stereocenters. The fourth-order valence-corrected chi connectivity index (χ4v) is 9.11. The molecule has 0 radical (unpaired) electrons. The number of phenols is 2. The number of benzene rings is 1. The summed E-state index contributed by atoms with van der Waals surface area (Å²) in [5.41, 5.74) is 0. The molecule has 32 heavy (non-hydrogen) atoms. The highest BCUT2D eigenvalue weighted by Crippen LogP contribution is 2.46. The summed E-state index contributed by atoms with van der Waals surface area (Å²) in [6.45, 7) is 13.0. The number of unbranched alkanes of at least 4 members (excludes halogenated alkanes) is 4. The third-order valence-corrected chi connectivity index (χ3v) is 11.1. The van der Waals surface area contributed by atoms with Gasteiger partial charge in [-0.3, -0.25) is 0 Å². The second-order valence-electron chi connectivity index (χ2n) is 8.34. The van der Waals surface area contributed by atoms with Gasteiger partial charge in [-0.25, -0.2) is 9.15 Å². The van der Waals surface area contributed by atoms with Crippen molar-refractivity contribution >= 4 is 64.1 Å². The molecule has 0 spiro atoms. The lowest BCUT2D eigenvalue weighted by atomic mass is 10.3. The quantitative estimate of drug-likeness (QED) is 0.217. The van der Waals surface area contributed by atoms with Crippen LogP contribution in [0.25, 0.3) is 18.8 Å². The van der Waals surface area contributed by atoms with Crippen LogP contribution in [-0.2, 0) is 0 Å². The molecule has 2 N–H and O–H groups in total. The Morgan fingerprint density at radius 1 is 0.500 bits per heavy atom. The monoisotopic (exact) mass is 514 g/mol. The van der Waals surface area contributed by atoms with Crippen molar-refractivity contribution in [1.82, 2.24) is 9.15 Å². The van der Waals surface area contributed by atoms with Crippen LogP contribution in [0.2, 0.25) is 0 Å². The number of phenolic OH excluding ortho intramolecular Hbond substituents is 2. The number of hydrogen-bond acceptors (Lipinski definition) is 6. The van der Waals surface area contributed by atoms with E-state index in [4.69, 9.17) is 0 Å². The van der Waals surface area contributed by atoms with Crippen molar-refractivity contribution in [2.24, 2.45) is 0 Å². The Morgan fingerprint density at radius 3 is 0.969 bits per heavy atom. The molecule has 1 aromatic carbocycles. The lowest BCUT2D eigenvalue weighted by molar-refractivity contribution is 0.481. The largest absolute Gasteiger partial charge is 0.505 e. The van der Waals surface area contributed by atoms with Gasteiger partial charge >= 0.3 is 7.97 Å². The Labute approximate surface area is 207 Å². The normalized spacial score (nSPS) is 11.6. The molecule has 0 aliphatic carbocycles. The van der Waals surface area contributed by atoms with Gasteiger partial charge in [-0.1, -0.05) is 98.7 Å². The summed E-state index contributed by atoms with van der Waals surface area (Å²) < 4.78 is 10.6. The fraction of sp³-hybridized carbons (Fsp3) is 0.667. The molecule has 0 aliphatic heterocycles. The Morgan fingerprint density at radius 2 is 0.750 bits per heavy atom. The van der Waals surface area contributed by atoms with E-state index >= 15 is 0 Å². The first-order valence-corrected chi connectivity index (χ1v) is 15.4. The molecule has 0 amide bonds. The summed E-state index contributed by atoms with van der Waals surface area (Å²) in [5, 5.41) is 22.4. The topological polar surface area (TPSA) is 46.5 Å². The molecule has 4 nitrogen and oxygen atoms in total. The molecular formula is C24H38N2O2S4+2. The standard InChI is InChI=1S/C24H36N2O2S4/c1-5-9-13-25(14-10-6-2)23-29-19-17(27)21-22(18(28)20(19)30-23)32-24(31-21)26(15-11-7-3)16-12-8-4/h5-16H2,1-4H3/p+2. The summed E-state index contributed by atoms with van der Waals surface area (Å²) >= 11 is 6.56. The second kappa shape index (κ2) is 12.5. The predicted molar refractivity (Wildman–Crippen MR) is 146 cm³/mol. The molecule has 178 valence electrons. The first-order chi connectivity index (χ1) is 15.5. The third-order valence-electron chi connectivity index (χ3n) is 5.67. The van der Waals surface area contributed by atoms with E-state index in [1.807, 2.05) is 0 Å². The number of nitrogens with zero attached hydrogens (tertiary/aromatic N) is 2. The van der Waals surface area contributed by atoms with Gasteiger partial charge in [-0.2, -0.15) is 0 Å². The summed E-state index contributed by atoms with van der Waals surface area (Å²) in [6, 6.07) is 0. The van der Waals surface area contributed by atoms with Crippen molar-refractivity contribution < 1.29 is 10.2 Å². The SMILES string of the molecule is CCCC[N+](CCCC)=c1sc2c(O)c3sc(=[N+](CCCC)CCCC)sc3c(O)c2s1. The predicted octanol–water partition coefficient (Wildman–Crippen LogP) is 6.40. The highest BCUT2D eigenvalue weighted by atomic mass is 32.2.